The number of hydrogen-bond acceptors (Lipinski definition) is 4. The van der Waals surface area contributed by atoms with E-state index >= 15 is 0 Å². The van der Waals surface area contributed by atoms with Crippen LogP contribution in [0.15, 0.2) is 55.0 Å². The van der Waals surface area contributed by atoms with Crippen LogP contribution in [-0.2, 0) is 6.61 Å². The van der Waals surface area contributed by atoms with Gasteiger partial charge in [-0.05, 0) is 24.3 Å². The maximum atomic E-state index is 13.8. The van der Waals surface area contributed by atoms with Crippen LogP contribution < -0.4 is 4.74 Å². The van der Waals surface area contributed by atoms with Crippen molar-refractivity contribution in [2.75, 3.05) is 0 Å². The molecule has 0 amide bonds. The Morgan fingerprint density at radius 1 is 1.00 bits per heavy atom. The standard InChI is InChI=1S/C18H11F3N4O/c19-12-2-1-3-14(6-12)26-10-13-9-25-8-11(7-22-18(25)23-13)15-4-5-16(20)24-17(15)21/h1-9H,10H2. The molecule has 0 bridgehead atoms. The summed E-state index contributed by atoms with van der Waals surface area (Å²) in [6, 6.07) is 8.16. The molecule has 0 aliphatic heterocycles. The molecule has 8 heteroatoms. The molecule has 5 nitrogen and oxygen atoms in total. The third-order valence-corrected chi connectivity index (χ3v) is 3.67. The summed E-state index contributed by atoms with van der Waals surface area (Å²) in [5.74, 6) is -1.42. The first-order valence-electron chi connectivity index (χ1n) is 7.63. The van der Waals surface area contributed by atoms with Crippen molar-refractivity contribution in [3.63, 3.8) is 0 Å². The summed E-state index contributed by atoms with van der Waals surface area (Å²) >= 11 is 0. The summed E-state index contributed by atoms with van der Waals surface area (Å²) in [5.41, 5.74) is 1.13. The Kier molecular flexibility index (Phi) is 4.00. The number of pyridine rings is 1. The van der Waals surface area contributed by atoms with E-state index in [1.807, 2.05) is 0 Å². The maximum Gasteiger partial charge on any atom is 0.234 e. The first-order valence-corrected chi connectivity index (χ1v) is 7.63. The van der Waals surface area contributed by atoms with Crippen LogP contribution in [0, 0.1) is 17.7 Å². The van der Waals surface area contributed by atoms with Crippen molar-refractivity contribution in [2.24, 2.45) is 0 Å². The summed E-state index contributed by atoms with van der Waals surface area (Å²) < 4.78 is 47.0. The number of aromatic nitrogens is 4. The molecule has 3 aromatic heterocycles. The average molecular weight is 356 g/mol. The lowest BCUT2D eigenvalue weighted by Crippen LogP contribution is -1.95. The van der Waals surface area contributed by atoms with Crippen LogP contribution in [0.5, 0.6) is 5.75 Å². The topological polar surface area (TPSA) is 52.3 Å². The second kappa shape index (κ2) is 6.47. The van der Waals surface area contributed by atoms with Crippen LogP contribution in [0.1, 0.15) is 5.69 Å². The largest absolute Gasteiger partial charge is 0.487 e. The van der Waals surface area contributed by atoms with E-state index < -0.39 is 17.7 Å². The third kappa shape index (κ3) is 3.21. The predicted octanol–water partition coefficient (Wildman–Crippen LogP) is 3.79. The molecule has 0 saturated heterocycles. The molecule has 130 valence electrons. The van der Waals surface area contributed by atoms with E-state index in [0.29, 0.717) is 22.8 Å². The van der Waals surface area contributed by atoms with Gasteiger partial charge >= 0.3 is 0 Å². The number of benzene rings is 1. The number of hydrogen-bond donors (Lipinski definition) is 0. The van der Waals surface area contributed by atoms with Crippen molar-refractivity contribution in [1.82, 2.24) is 19.4 Å². The Balaban J connectivity index is 1.59. The Morgan fingerprint density at radius 3 is 2.69 bits per heavy atom. The van der Waals surface area contributed by atoms with Crippen LogP contribution in [0.2, 0.25) is 0 Å². The molecule has 0 saturated carbocycles. The third-order valence-electron chi connectivity index (χ3n) is 3.67. The lowest BCUT2D eigenvalue weighted by molar-refractivity contribution is 0.300. The fourth-order valence-electron chi connectivity index (χ4n) is 2.48. The second-order valence-electron chi connectivity index (χ2n) is 5.50. The van der Waals surface area contributed by atoms with Crippen molar-refractivity contribution in [3.8, 4) is 16.9 Å². The molecule has 0 aliphatic rings. The van der Waals surface area contributed by atoms with Gasteiger partial charge < -0.3 is 4.74 Å². The van der Waals surface area contributed by atoms with E-state index in [9.17, 15) is 13.2 Å². The summed E-state index contributed by atoms with van der Waals surface area (Å²) in [6.07, 6.45) is 4.70. The van der Waals surface area contributed by atoms with Gasteiger partial charge in [0.2, 0.25) is 17.7 Å². The van der Waals surface area contributed by atoms with Crippen molar-refractivity contribution in [2.45, 2.75) is 6.61 Å². The monoisotopic (exact) mass is 356 g/mol. The zero-order valence-electron chi connectivity index (χ0n) is 13.2. The van der Waals surface area contributed by atoms with Gasteiger partial charge in [0.1, 0.15) is 18.2 Å². The van der Waals surface area contributed by atoms with Crippen LogP contribution in [0.3, 0.4) is 0 Å². The van der Waals surface area contributed by atoms with E-state index in [-0.39, 0.29) is 12.2 Å². The predicted molar refractivity (Wildman–Crippen MR) is 86.9 cm³/mol. The zero-order chi connectivity index (χ0) is 18.1. The summed E-state index contributed by atoms with van der Waals surface area (Å²) in [4.78, 5) is 11.6. The Bertz CT molecular complexity index is 1100. The molecular formula is C18H11F3N4O. The molecule has 0 unspecified atom stereocenters. The molecule has 0 fully saturated rings. The Hall–Kier alpha value is -3.42. The lowest BCUT2D eigenvalue weighted by Gasteiger charge is -2.03. The van der Waals surface area contributed by atoms with Crippen LogP contribution >= 0.6 is 0 Å². The van der Waals surface area contributed by atoms with Gasteiger partial charge in [0.25, 0.3) is 0 Å². The quantitative estimate of drug-likeness (QED) is 0.522. The van der Waals surface area contributed by atoms with Gasteiger partial charge in [0, 0.05) is 35.8 Å². The maximum absolute atomic E-state index is 13.8. The highest BCUT2D eigenvalue weighted by Gasteiger charge is 2.11. The van der Waals surface area contributed by atoms with Crippen molar-refractivity contribution in [3.05, 3.63) is 78.4 Å². The first-order chi connectivity index (χ1) is 12.6. The highest BCUT2D eigenvalue weighted by molar-refractivity contribution is 5.62. The number of rotatable bonds is 4. The van der Waals surface area contributed by atoms with Gasteiger partial charge in [0.05, 0.1) is 5.69 Å². The highest BCUT2D eigenvalue weighted by Crippen LogP contribution is 2.21. The van der Waals surface area contributed by atoms with Crippen LogP contribution in [0.25, 0.3) is 16.9 Å². The fraction of sp³-hybridized carbons (Fsp3) is 0.0556. The average Bonchev–Trinajstić information content (AvgIpc) is 3.02. The molecule has 0 aliphatic carbocycles. The van der Waals surface area contributed by atoms with E-state index in [1.54, 1.807) is 28.9 Å². The van der Waals surface area contributed by atoms with E-state index in [2.05, 4.69) is 15.0 Å². The molecule has 0 N–H and O–H groups in total. The highest BCUT2D eigenvalue weighted by atomic mass is 19.1. The fourth-order valence-corrected chi connectivity index (χ4v) is 2.48. The number of imidazole rings is 1. The number of fused-ring (bicyclic) bond motifs is 1. The minimum Gasteiger partial charge on any atom is -0.487 e. The van der Waals surface area contributed by atoms with Crippen molar-refractivity contribution >= 4 is 5.78 Å². The van der Waals surface area contributed by atoms with E-state index in [0.717, 1.165) is 6.07 Å². The molecule has 0 spiro atoms. The van der Waals surface area contributed by atoms with Gasteiger partial charge in [-0.3, -0.25) is 4.40 Å². The zero-order valence-corrected chi connectivity index (χ0v) is 13.2. The molecule has 4 aromatic rings. The second-order valence-corrected chi connectivity index (χ2v) is 5.50. The molecule has 1 aromatic carbocycles. The molecule has 3 heterocycles. The lowest BCUT2D eigenvalue weighted by atomic mass is 10.1. The summed E-state index contributed by atoms with van der Waals surface area (Å²) in [7, 11) is 0. The SMILES string of the molecule is Fc1cccc(OCc2cn3cc(-c4ccc(F)nc4F)cnc3n2)c1. The Morgan fingerprint density at radius 2 is 1.88 bits per heavy atom. The van der Waals surface area contributed by atoms with Crippen molar-refractivity contribution in [1.29, 1.82) is 0 Å². The number of halogens is 3. The molecule has 0 atom stereocenters. The first kappa shape index (κ1) is 16.1. The summed E-state index contributed by atoms with van der Waals surface area (Å²) in [6.45, 7) is 0.120. The van der Waals surface area contributed by atoms with E-state index in [1.165, 1.54) is 24.4 Å². The van der Waals surface area contributed by atoms with E-state index in [4.69, 9.17) is 4.74 Å². The van der Waals surface area contributed by atoms with Gasteiger partial charge in [-0.15, -0.1) is 0 Å². The molecule has 26 heavy (non-hydrogen) atoms. The van der Waals surface area contributed by atoms with Gasteiger partial charge in [0.15, 0.2) is 0 Å². The van der Waals surface area contributed by atoms with Crippen LogP contribution in [0.4, 0.5) is 13.2 Å². The minimum absolute atomic E-state index is 0.120. The number of ether oxygens (including phenoxy) is 1. The van der Waals surface area contributed by atoms with Gasteiger partial charge in [-0.1, -0.05) is 6.07 Å². The van der Waals surface area contributed by atoms with Gasteiger partial charge in [-0.2, -0.15) is 13.8 Å². The minimum atomic E-state index is -0.916. The van der Waals surface area contributed by atoms with Crippen molar-refractivity contribution < 1.29 is 17.9 Å². The Labute approximate surface area is 145 Å². The van der Waals surface area contributed by atoms with Crippen LogP contribution in [-0.4, -0.2) is 19.4 Å². The molecular weight excluding hydrogens is 345 g/mol. The normalized spacial score (nSPS) is 11.0. The smallest absolute Gasteiger partial charge is 0.234 e. The summed E-state index contributed by atoms with van der Waals surface area (Å²) in [5, 5.41) is 0. The molecule has 4 rings (SSSR count). The molecule has 0 radical (unpaired) electrons. The van der Waals surface area contributed by atoms with Gasteiger partial charge in [-0.25, -0.2) is 14.4 Å². The number of nitrogens with zero attached hydrogens (tertiary/aromatic N) is 4.